The second-order valence-electron chi connectivity index (χ2n) is 4.73. The highest BCUT2D eigenvalue weighted by Crippen LogP contribution is 2.20. The Morgan fingerprint density at radius 3 is 2.89 bits per heavy atom. The van der Waals surface area contributed by atoms with Gasteiger partial charge in [0.25, 0.3) is 0 Å². The zero-order valence-electron chi connectivity index (χ0n) is 10.9. The fourth-order valence-corrected chi connectivity index (χ4v) is 2.44. The number of hydrogen-bond acceptors (Lipinski definition) is 2. The summed E-state index contributed by atoms with van der Waals surface area (Å²) < 4.78 is 5.73. The van der Waals surface area contributed by atoms with Gasteiger partial charge in [0.05, 0.1) is 6.61 Å². The van der Waals surface area contributed by atoms with E-state index in [-0.39, 0.29) is 0 Å². The van der Waals surface area contributed by atoms with Crippen molar-refractivity contribution in [2.75, 3.05) is 26.2 Å². The number of halogens is 1. The molecule has 1 heterocycles. The van der Waals surface area contributed by atoms with E-state index in [0.29, 0.717) is 0 Å². The molecule has 1 aliphatic heterocycles. The molecule has 1 aromatic rings. The molecule has 0 saturated heterocycles. The number of ether oxygens (including phenoxy) is 1. The van der Waals surface area contributed by atoms with E-state index in [2.05, 4.69) is 17.1 Å². The van der Waals surface area contributed by atoms with Crippen molar-refractivity contribution >= 4 is 11.6 Å². The second kappa shape index (κ2) is 6.81. The number of rotatable bonds is 5. The van der Waals surface area contributed by atoms with Crippen molar-refractivity contribution in [3.05, 3.63) is 40.9 Å². The summed E-state index contributed by atoms with van der Waals surface area (Å²) in [5, 5.41) is 0.742. The number of aryl methyl sites for hydroxylation is 1. The molecule has 2 nitrogen and oxygen atoms in total. The minimum atomic E-state index is 0.742. The average molecular weight is 266 g/mol. The van der Waals surface area contributed by atoms with Gasteiger partial charge in [-0.3, -0.25) is 4.90 Å². The van der Waals surface area contributed by atoms with Crippen LogP contribution in [0.3, 0.4) is 0 Å². The van der Waals surface area contributed by atoms with E-state index in [1.54, 1.807) is 0 Å². The van der Waals surface area contributed by atoms with Gasteiger partial charge in [-0.1, -0.05) is 23.8 Å². The summed E-state index contributed by atoms with van der Waals surface area (Å²) in [6.45, 7) is 6.13. The normalized spacial score (nSPS) is 15.9. The highest BCUT2D eigenvalue weighted by Gasteiger charge is 2.05. The summed E-state index contributed by atoms with van der Waals surface area (Å²) >= 11 is 5.99. The maximum absolute atomic E-state index is 5.99. The largest absolute Gasteiger partial charge is 0.493 e. The van der Waals surface area contributed by atoms with Crippen molar-refractivity contribution in [2.45, 2.75) is 19.8 Å². The maximum atomic E-state index is 5.99. The van der Waals surface area contributed by atoms with E-state index >= 15 is 0 Å². The molecule has 0 saturated carbocycles. The van der Waals surface area contributed by atoms with Gasteiger partial charge in [-0.05, 0) is 43.5 Å². The van der Waals surface area contributed by atoms with Crippen LogP contribution < -0.4 is 4.74 Å². The summed E-state index contributed by atoms with van der Waals surface area (Å²) in [5.41, 5.74) is 1.14. The van der Waals surface area contributed by atoms with Crippen LogP contribution in [0.25, 0.3) is 0 Å². The zero-order chi connectivity index (χ0) is 12.8. The van der Waals surface area contributed by atoms with Crippen molar-refractivity contribution in [2.24, 2.45) is 0 Å². The van der Waals surface area contributed by atoms with Crippen LogP contribution in [0, 0.1) is 6.92 Å². The quantitative estimate of drug-likeness (QED) is 0.595. The van der Waals surface area contributed by atoms with Crippen LogP contribution >= 0.6 is 11.6 Å². The molecule has 1 aromatic carbocycles. The summed E-state index contributed by atoms with van der Waals surface area (Å²) in [4.78, 5) is 2.45. The van der Waals surface area contributed by atoms with Gasteiger partial charge in [-0.25, -0.2) is 0 Å². The highest BCUT2D eigenvalue weighted by atomic mass is 35.5. The molecule has 0 bridgehead atoms. The third-order valence-electron chi connectivity index (χ3n) is 3.05. The molecule has 18 heavy (non-hydrogen) atoms. The minimum absolute atomic E-state index is 0.742. The maximum Gasteiger partial charge on any atom is 0.121 e. The van der Waals surface area contributed by atoms with Crippen molar-refractivity contribution < 1.29 is 4.74 Å². The van der Waals surface area contributed by atoms with Gasteiger partial charge in [0.15, 0.2) is 0 Å². The van der Waals surface area contributed by atoms with Crippen LogP contribution in [-0.4, -0.2) is 31.1 Å². The zero-order valence-corrected chi connectivity index (χ0v) is 11.6. The van der Waals surface area contributed by atoms with Gasteiger partial charge in [0.1, 0.15) is 5.75 Å². The first-order valence-electron chi connectivity index (χ1n) is 6.51. The fourth-order valence-electron chi connectivity index (χ4n) is 2.16. The van der Waals surface area contributed by atoms with Gasteiger partial charge in [0.2, 0.25) is 0 Å². The van der Waals surface area contributed by atoms with Crippen LogP contribution in [0.2, 0.25) is 5.02 Å². The molecular weight excluding hydrogens is 246 g/mol. The SMILES string of the molecule is Cc1cc(Cl)cc(OCCCN2CC=CCC2)c1. The predicted octanol–water partition coefficient (Wildman–Crippen LogP) is 3.68. The molecule has 2 rings (SSSR count). The molecule has 0 radical (unpaired) electrons. The van der Waals surface area contributed by atoms with Crippen LogP contribution in [-0.2, 0) is 0 Å². The van der Waals surface area contributed by atoms with Crippen molar-refractivity contribution in [3.8, 4) is 5.75 Å². The molecule has 0 aromatic heterocycles. The van der Waals surface area contributed by atoms with Crippen LogP contribution in [0.5, 0.6) is 5.75 Å². The fraction of sp³-hybridized carbons (Fsp3) is 0.467. The minimum Gasteiger partial charge on any atom is -0.493 e. The lowest BCUT2D eigenvalue weighted by Crippen LogP contribution is -2.29. The number of benzene rings is 1. The molecule has 0 fully saturated rings. The lowest BCUT2D eigenvalue weighted by atomic mass is 10.2. The Morgan fingerprint density at radius 1 is 1.28 bits per heavy atom. The Balaban J connectivity index is 1.70. The molecule has 3 heteroatoms. The van der Waals surface area contributed by atoms with E-state index in [1.165, 1.54) is 13.0 Å². The Hall–Kier alpha value is -0.990. The monoisotopic (exact) mass is 265 g/mol. The Labute approximate surface area is 114 Å². The van der Waals surface area contributed by atoms with E-state index in [1.807, 2.05) is 25.1 Å². The first-order chi connectivity index (χ1) is 8.74. The molecule has 98 valence electrons. The Bertz CT molecular complexity index is 397. The topological polar surface area (TPSA) is 12.5 Å². The number of hydrogen-bond donors (Lipinski definition) is 0. The van der Waals surface area contributed by atoms with E-state index in [9.17, 15) is 0 Å². The van der Waals surface area contributed by atoms with Gasteiger partial charge in [-0.15, -0.1) is 0 Å². The standard InChI is InChI=1S/C15H20ClNO/c1-13-10-14(16)12-15(11-13)18-9-5-8-17-6-3-2-4-7-17/h2-3,10-12H,4-9H2,1H3. The molecule has 0 amide bonds. The van der Waals surface area contributed by atoms with Gasteiger partial charge < -0.3 is 4.74 Å². The van der Waals surface area contributed by atoms with E-state index in [0.717, 1.165) is 42.5 Å². The van der Waals surface area contributed by atoms with E-state index in [4.69, 9.17) is 16.3 Å². The van der Waals surface area contributed by atoms with Crippen molar-refractivity contribution in [1.82, 2.24) is 4.90 Å². The first kappa shape index (κ1) is 13.4. The molecule has 0 N–H and O–H groups in total. The van der Waals surface area contributed by atoms with Crippen LogP contribution in [0.15, 0.2) is 30.4 Å². The predicted molar refractivity (Wildman–Crippen MR) is 76.5 cm³/mol. The molecular formula is C15H20ClNO. The van der Waals surface area contributed by atoms with Gasteiger partial charge in [-0.2, -0.15) is 0 Å². The molecule has 0 spiro atoms. The third kappa shape index (κ3) is 4.35. The van der Waals surface area contributed by atoms with Gasteiger partial charge >= 0.3 is 0 Å². The Kier molecular flexibility index (Phi) is 5.09. The lowest BCUT2D eigenvalue weighted by Gasteiger charge is -2.22. The third-order valence-corrected chi connectivity index (χ3v) is 3.26. The summed E-state index contributed by atoms with van der Waals surface area (Å²) in [7, 11) is 0. The number of nitrogens with zero attached hydrogens (tertiary/aromatic N) is 1. The summed E-state index contributed by atoms with van der Waals surface area (Å²) in [5.74, 6) is 0.874. The highest BCUT2D eigenvalue weighted by molar-refractivity contribution is 6.30. The first-order valence-corrected chi connectivity index (χ1v) is 6.89. The molecule has 0 aliphatic carbocycles. The summed E-state index contributed by atoms with van der Waals surface area (Å²) in [6, 6.07) is 5.84. The molecule has 0 atom stereocenters. The Morgan fingerprint density at radius 2 is 2.17 bits per heavy atom. The smallest absolute Gasteiger partial charge is 0.121 e. The average Bonchev–Trinajstić information content (AvgIpc) is 2.35. The summed E-state index contributed by atoms with van der Waals surface area (Å²) in [6.07, 6.45) is 6.72. The van der Waals surface area contributed by atoms with Crippen LogP contribution in [0.4, 0.5) is 0 Å². The second-order valence-corrected chi connectivity index (χ2v) is 5.16. The van der Waals surface area contributed by atoms with Crippen molar-refractivity contribution in [1.29, 1.82) is 0 Å². The van der Waals surface area contributed by atoms with Crippen molar-refractivity contribution in [3.63, 3.8) is 0 Å². The van der Waals surface area contributed by atoms with E-state index < -0.39 is 0 Å². The van der Waals surface area contributed by atoms with Gasteiger partial charge in [0, 0.05) is 24.7 Å². The van der Waals surface area contributed by atoms with Crippen LogP contribution in [0.1, 0.15) is 18.4 Å². The molecule has 1 aliphatic rings. The lowest BCUT2D eigenvalue weighted by molar-refractivity contribution is 0.247. The molecule has 0 unspecified atom stereocenters.